The molecule has 38 heavy (non-hydrogen) atoms. The third-order valence-electron chi connectivity index (χ3n) is 5.77. The first-order valence-electron chi connectivity index (χ1n) is 12.8. The maximum atomic E-state index is 12.4. The van der Waals surface area contributed by atoms with Gasteiger partial charge in [-0.1, -0.05) is 18.2 Å². The summed E-state index contributed by atoms with van der Waals surface area (Å²) < 4.78 is 53.1. The standard InChI is InChI=1S/C26H34F3N3O4.CH5N/c1-2-34-14-5-12-32-13-9-20-16-19(17-21(24(20)32)25(30)33)8-10-31-11-15-35-22-6-3-4-7-23(22)36-18-26(27,28)29;1-2/h3-4,6-7,16-17,31H,2,5,8-15,18H2,1H3,(H2,30,33);2H2,1H3. The number of para-hydroxylation sites is 2. The minimum absolute atomic E-state index is 0.0545. The maximum Gasteiger partial charge on any atom is 0.422 e. The van der Waals surface area contributed by atoms with Gasteiger partial charge in [0.05, 0.1) is 11.3 Å². The van der Waals surface area contributed by atoms with Gasteiger partial charge in [0.15, 0.2) is 18.1 Å². The number of fused-ring (bicyclic) bond motifs is 1. The Hall–Kier alpha value is -3.02. The molecule has 0 aliphatic carbocycles. The molecule has 1 heterocycles. The Labute approximate surface area is 222 Å². The Balaban J connectivity index is 0.00000247. The fourth-order valence-corrected chi connectivity index (χ4v) is 4.19. The van der Waals surface area contributed by atoms with Crippen molar-refractivity contribution in [2.24, 2.45) is 11.5 Å². The third-order valence-corrected chi connectivity index (χ3v) is 5.77. The van der Waals surface area contributed by atoms with Crippen molar-refractivity contribution in [3.63, 3.8) is 0 Å². The number of hydrogen-bond donors (Lipinski definition) is 3. The number of anilines is 1. The second-order valence-corrected chi connectivity index (χ2v) is 8.50. The van der Waals surface area contributed by atoms with Crippen molar-refractivity contribution in [3.05, 3.63) is 53.1 Å². The first-order chi connectivity index (χ1) is 18.3. The Morgan fingerprint density at radius 3 is 2.45 bits per heavy atom. The number of nitrogens with one attached hydrogen (secondary N) is 1. The van der Waals surface area contributed by atoms with E-state index in [4.69, 9.17) is 19.9 Å². The molecule has 0 saturated carbocycles. The predicted octanol–water partition coefficient (Wildman–Crippen LogP) is 3.30. The Bertz CT molecular complexity index is 1000. The fraction of sp³-hybridized carbons (Fsp3) is 0.519. The molecule has 11 heteroatoms. The predicted molar refractivity (Wildman–Crippen MR) is 142 cm³/mol. The summed E-state index contributed by atoms with van der Waals surface area (Å²) in [5, 5.41) is 3.26. The van der Waals surface area contributed by atoms with Crippen molar-refractivity contribution in [2.45, 2.75) is 32.4 Å². The molecule has 0 bridgehead atoms. The lowest BCUT2D eigenvalue weighted by atomic mass is 10.00. The highest BCUT2D eigenvalue weighted by atomic mass is 19.4. The molecule has 0 radical (unpaired) electrons. The lowest BCUT2D eigenvalue weighted by Crippen LogP contribution is -2.26. The van der Waals surface area contributed by atoms with E-state index in [0.717, 1.165) is 42.7 Å². The normalized spacial score (nSPS) is 12.5. The lowest BCUT2D eigenvalue weighted by molar-refractivity contribution is -0.153. The van der Waals surface area contributed by atoms with E-state index >= 15 is 0 Å². The number of carbonyl (C=O) groups is 1. The van der Waals surface area contributed by atoms with Crippen LogP contribution >= 0.6 is 0 Å². The summed E-state index contributed by atoms with van der Waals surface area (Å²) >= 11 is 0. The number of carbonyl (C=O) groups excluding carboxylic acids is 1. The van der Waals surface area contributed by atoms with E-state index in [0.29, 0.717) is 38.3 Å². The van der Waals surface area contributed by atoms with Crippen LogP contribution in [0.25, 0.3) is 0 Å². The van der Waals surface area contributed by atoms with E-state index < -0.39 is 18.7 Å². The minimum Gasteiger partial charge on any atom is -0.488 e. The van der Waals surface area contributed by atoms with Crippen LogP contribution in [0.15, 0.2) is 36.4 Å². The van der Waals surface area contributed by atoms with Gasteiger partial charge in [0.25, 0.3) is 5.91 Å². The van der Waals surface area contributed by atoms with Gasteiger partial charge in [0.1, 0.15) is 6.61 Å². The molecule has 0 spiro atoms. The minimum atomic E-state index is -4.41. The summed E-state index contributed by atoms with van der Waals surface area (Å²) in [5.41, 5.74) is 13.9. The highest BCUT2D eigenvalue weighted by Crippen LogP contribution is 2.33. The number of alkyl halides is 3. The van der Waals surface area contributed by atoms with E-state index in [2.05, 4.69) is 22.0 Å². The van der Waals surface area contributed by atoms with Gasteiger partial charge in [-0.2, -0.15) is 13.2 Å². The molecule has 2 aromatic rings. The molecule has 0 atom stereocenters. The topological polar surface area (TPSA) is 112 Å². The number of nitrogens with zero attached hydrogens (tertiary/aromatic N) is 1. The SMILES string of the molecule is CCOCCCN1CCc2cc(CCNCCOc3ccccc3OCC(F)(F)F)cc(C(N)=O)c21.CN. The molecule has 0 aromatic heterocycles. The average molecular weight is 541 g/mol. The molecule has 3 rings (SSSR count). The van der Waals surface area contributed by atoms with Crippen molar-refractivity contribution in [2.75, 3.05) is 64.6 Å². The summed E-state index contributed by atoms with van der Waals surface area (Å²) in [7, 11) is 1.50. The van der Waals surface area contributed by atoms with Crippen LogP contribution in [0, 0.1) is 0 Å². The highest BCUT2D eigenvalue weighted by Gasteiger charge is 2.29. The van der Waals surface area contributed by atoms with Gasteiger partial charge in [0.2, 0.25) is 0 Å². The maximum absolute atomic E-state index is 12.4. The van der Waals surface area contributed by atoms with Crippen molar-refractivity contribution < 1.29 is 32.2 Å². The molecular formula is C27H39F3N4O4. The lowest BCUT2D eigenvalue weighted by Gasteiger charge is -2.22. The monoisotopic (exact) mass is 540 g/mol. The third kappa shape index (κ3) is 10.0. The van der Waals surface area contributed by atoms with Gasteiger partial charge in [0, 0.05) is 32.8 Å². The van der Waals surface area contributed by atoms with Gasteiger partial charge >= 0.3 is 6.18 Å². The molecule has 0 saturated heterocycles. The first kappa shape index (κ1) is 31.2. The van der Waals surface area contributed by atoms with Crippen molar-refractivity contribution in [1.82, 2.24) is 5.32 Å². The number of hydrogen-bond acceptors (Lipinski definition) is 7. The van der Waals surface area contributed by atoms with E-state index in [1.807, 2.05) is 13.0 Å². The summed E-state index contributed by atoms with van der Waals surface area (Å²) in [6, 6.07) is 10.3. The van der Waals surface area contributed by atoms with Gasteiger partial charge in [-0.15, -0.1) is 0 Å². The molecule has 0 fully saturated rings. The quantitative estimate of drug-likeness (QED) is 0.297. The molecular weight excluding hydrogens is 501 g/mol. The van der Waals surface area contributed by atoms with Crippen LogP contribution in [-0.4, -0.2) is 71.7 Å². The van der Waals surface area contributed by atoms with Crippen molar-refractivity contribution in [1.29, 1.82) is 0 Å². The number of benzene rings is 2. The van der Waals surface area contributed by atoms with Crippen LogP contribution in [0.2, 0.25) is 0 Å². The zero-order valence-electron chi connectivity index (χ0n) is 22.1. The van der Waals surface area contributed by atoms with Crippen LogP contribution in [-0.2, 0) is 17.6 Å². The highest BCUT2D eigenvalue weighted by molar-refractivity contribution is 6.00. The van der Waals surface area contributed by atoms with Crippen LogP contribution in [0.5, 0.6) is 11.5 Å². The van der Waals surface area contributed by atoms with Crippen LogP contribution in [0.3, 0.4) is 0 Å². The number of ether oxygens (including phenoxy) is 3. The molecule has 0 unspecified atom stereocenters. The largest absolute Gasteiger partial charge is 0.488 e. The second kappa shape index (κ2) is 16.1. The summed E-state index contributed by atoms with van der Waals surface area (Å²) in [5.74, 6) is -0.115. The summed E-state index contributed by atoms with van der Waals surface area (Å²) in [6.45, 7) is 5.05. The smallest absolute Gasteiger partial charge is 0.422 e. The molecule has 1 aliphatic heterocycles. The molecule has 5 N–H and O–H groups in total. The number of nitrogens with two attached hydrogens (primary N) is 2. The van der Waals surface area contributed by atoms with Crippen LogP contribution in [0.4, 0.5) is 18.9 Å². The Morgan fingerprint density at radius 1 is 1.08 bits per heavy atom. The van der Waals surface area contributed by atoms with Crippen molar-refractivity contribution in [3.8, 4) is 11.5 Å². The zero-order valence-corrected chi connectivity index (χ0v) is 22.1. The van der Waals surface area contributed by atoms with Crippen molar-refractivity contribution >= 4 is 11.6 Å². The second-order valence-electron chi connectivity index (χ2n) is 8.50. The summed E-state index contributed by atoms with van der Waals surface area (Å²) in [4.78, 5) is 14.4. The van der Waals surface area contributed by atoms with E-state index in [-0.39, 0.29) is 18.1 Å². The summed E-state index contributed by atoms with van der Waals surface area (Å²) in [6.07, 6.45) is -1.96. The number of rotatable bonds is 15. The number of halogens is 3. The fourth-order valence-electron chi connectivity index (χ4n) is 4.19. The first-order valence-corrected chi connectivity index (χ1v) is 12.8. The molecule has 1 amide bonds. The average Bonchev–Trinajstić information content (AvgIpc) is 3.31. The van der Waals surface area contributed by atoms with Crippen LogP contribution in [0.1, 0.15) is 34.8 Å². The molecule has 2 aromatic carbocycles. The molecule has 212 valence electrons. The van der Waals surface area contributed by atoms with E-state index in [1.165, 1.54) is 13.1 Å². The zero-order chi connectivity index (χ0) is 28.0. The van der Waals surface area contributed by atoms with Gasteiger partial charge in [-0.25, -0.2) is 0 Å². The van der Waals surface area contributed by atoms with Crippen LogP contribution < -0.4 is 31.2 Å². The molecule has 1 aliphatic rings. The molecule has 8 nitrogen and oxygen atoms in total. The van der Waals surface area contributed by atoms with Gasteiger partial charge in [-0.05, 0) is 69.1 Å². The Morgan fingerprint density at radius 2 is 1.79 bits per heavy atom. The number of primary amides is 1. The Kier molecular flexibility index (Phi) is 13.2. The van der Waals surface area contributed by atoms with E-state index in [1.54, 1.807) is 18.2 Å². The van der Waals surface area contributed by atoms with Gasteiger partial charge < -0.3 is 35.9 Å². The van der Waals surface area contributed by atoms with E-state index in [9.17, 15) is 18.0 Å². The van der Waals surface area contributed by atoms with Gasteiger partial charge in [-0.3, -0.25) is 4.79 Å². The number of amides is 1.